The lowest BCUT2D eigenvalue weighted by Crippen LogP contribution is -2.28. The zero-order valence-corrected chi connectivity index (χ0v) is 21.3. The number of aromatic nitrogens is 2. The van der Waals surface area contributed by atoms with Crippen molar-refractivity contribution in [1.82, 2.24) is 9.36 Å². The molecule has 0 atom stereocenters. The van der Waals surface area contributed by atoms with Crippen molar-refractivity contribution in [3.05, 3.63) is 46.6 Å². The Balaban J connectivity index is 2.13. The molecule has 0 radical (unpaired) electrons. The maximum absolute atomic E-state index is 13.4. The molecule has 37 heavy (non-hydrogen) atoms. The van der Waals surface area contributed by atoms with E-state index in [9.17, 15) is 31.1 Å². The van der Waals surface area contributed by atoms with E-state index in [4.69, 9.17) is 4.84 Å². The van der Waals surface area contributed by atoms with Crippen molar-refractivity contribution in [2.24, 2.45) is 23.1 Å². The highest BCUT2D eigenvalue weighted by Crippen LogP contribution is 2.33. The SMILES string of the molecule is C/C(=N\Oc1ccc(C(F)(F)F)cc1C(=O)N=c1cc(C(C)(C)C)n(C)n1CC1CCCC1)C(F)(F)F. The van der Waals surface area contributed by atoms with E-state index in [1.54, 1.807) is 6.07 Å². The molecule has 1 aromatic heterocycles. The normalized spacial score (nSPS) is 16.5. The maximum atomic E-state index is 13.4. The van der Waals surface area contributed by atoms with Crippen molar-refractivity contribution in [2.45, 2.75) is 77.7 Å². The molecule has 3 rings (SSSR count). The zero-order valence-electron chi connectivity index (χ0n) is 21.3. The average molecular weight is 533 g/mol. The van der Waals surface area contributed by atoms with Crippen molar-refractivity contribution in [1.29, 1.82) is 0 Å². The lowest BCUT2D eigenvalue weighted by atomic mass is 9.92. The van der Waals surface area contributed by atoms with Crippen molar-refractivity contribution in [3.63, 3.8) is 0 Å². The van der Waals surface area contributed by atoms with Gasteiger partial charge in [0.1, 0.15) is 0 Å². The largest absolute Gasteiger partial charge is 0.432 e. The average Bonchev–Trinajstić information content (AvgIpc) is 3.39. The zero-order chi connectivity index (χ0) is 27.8. The van der Waals surface area contributed by atoms with Gasteiger partial charge in [0, 0.05) is 30.8 Å². The molecule has 2 aromatic rings. The molecule has 0 unspecified atom stereocenters. The number of alkyl halides is 6. The summed E-state index contributed by atoms with van der Waals surface area (Å²) in [6.07, 6.45) is -5.39. The van der Waals surface area contributed by atoms with Gasteiger partial charge in [0.15, 0.2) is 16.9 Å². The Morgan fingerprint density at radius 2 is 1.68 bits per heavy atom. The van der Waals surface area contributed by atoms with E-state index in [-0.39, 0.29) is 10.9 Å². The van der Waals surface area contributed by atoms with Crippen LogP contribution in [0.1, 0.15) is 75.0 Å². The second kappa shape index (κ2) is 10.4. The minimum absolute atomic E-state index is 0.239. The Morgan fingerprint density at radius 1 is 1.05 bits per heavy atom. The van der Waals surface area contributed by atoms with Crippen LogP contribution in [0.3, 0.4) is 0 Å². The number of oxime groups is 1. The number of carbonyl (C=O) groups excluding carboxylic acids is 1. The van der Waals surface area contributed by atoms with Crippen LogP contribution in [0.2, 0.25) is 0 Å². The van der Waals surface area contributed by atoms with Crippen LogP contribution in [-0.2, 0) is 25.2 Å². The second-order valence-corrected chi connectivity index (χ2v) is 10.3. The van der Waals surface area contributed by atoms with Crippen molar-refractivity contribution >= 4 is 11.6 Å². The molecule has 1 saturated carbocycles. The first-order chi connectivity index (χ1) is 17.0. The fourth-order valence-corrected chi connectivity index (χ4v) is 4.31. The van der Waals surface area contributed by atoms with Gasteiger partial charge in [-0.25, -0.2) is 0 Å². The van der Waals surface area contributed by atoms with Gasteiger partial charge in [-0.05, 0) is 43.9 Å². The monoisotopic (exact) mass is 532 g/mol. The number of halogens is 6. The molecule has 0 aliphatic heterocycles. The quantitative estimate of drug-likeness (QED) is 0.255. The first-order valence-corrected chi connectivity index (χ1v) is 11.8. The van der Waals surface area contributed by atoms with E-state index in [0.29, 0.717) is 31.5 Å². The first-order valence-electron chi connectivity index (χ1n) is 11.8. The molecule has 1 aliphatic carbocycles. The summed E-state index contributed by atoms with van der Waals surface area (Å²) in [6, 6.07) is 3.57. The number of carbonyl (C=O) groups is 1. The van der Waals surface area contributed by atoms with Crippen LogP contribution in [0.25, 0.3) is 0 Å². The van der Waals surface area contributed by atoms with Crippen LogP contribution in [-0.4, -0.2) is 27.2 Å². The number of nitrogens with zero attached hydrogens (tertiary/aromatic N) is 4. The summed E-state index contributed by atoms with van der Waals surface area (Å²) in [5.41, 5.74) is -2.42. The molecular formula is C25H30F6N4O2. The minimum Gasteiger partial charge on any atom is -0.356 e. The summed E-state index contributed by atoms with van der Waals surface area (Å²) < 4.78 is 82.3. The molecule has 1 fully saturated rings. The van der Waals surface area contributed by atoms with Crippen LogP contribution in [0.5, 0.6) is 5.75 Å². The fourth-order valence-electron chi connectivity index (χ4n) is 4.31. The number of amides is 1. The Morgan fingerprint density at radius 3 is 2.22 bits per heavy atom. The number of hydrogen-bond acceptors (Lipinski definition) is 3. The van der Waals surface area contributed by atoms with Gasteiger partial charge >= 0.3 is 12.4 Å². The molecule has 0 saturated heterocycles. The summed E-state index contributed by atoms with van der Waals surface area (Å²) >= 11 is 0. The predicted octanol–water partition coefficient (Wildman–Crippen LogP) is 6.39. The van der Waals surface area contributed by atoms with E-state index < -0.39 is 40.8 Å². The van der Waals surface area contributed by atoms with Crippen LogP contribution in [0.4, 0.5) is 26.3 Å². The first kappa shape index (κ1) is 28.5. The highest BCUT2D eigenvalue weighted by molar-refractivity contribution is 5.98. The second-order valence-electron chi connectivity index (χ2n) is 10.3. The third kappa shape index (κ3) is 6.84. The van der Waals surface area contributed by atoms with Gasteiger partial charge < -0.3 is 4.84 Å². The van der Waals surface area contributed by atoms with Crippen LogP contribution in [0.15, 0.2) is 34.4 Å². The molecular weight excluding hydrogens is 502 g/mol. The molecule has 0 bridgehead atoms. The number of benzene rings is 1. The molecule has 204 valence electrons. The molecule has 1 aliphatic rings. The molecule has 1 amide bonds. The van der Waals surface area contributed by atoms with Crippen molar-refractivity contribution in [2.75, 3.05) is 0 Å². The molecule has 0 spiro atoms. The summed E-state index contributed by atoms with van der Waals surface area (Å²) in [4.78, 5) is 22.1. The lowest BCUT2D eigenvalue weighted by Gasteiger charge is -2.21. The highest BCUT2D eigenvalue weighted by Gasteiger charge is 2.34. The van der Waals surface area contributed by atoms with E-state index in [2.05, 4.69) is 10.1 Å². The summed E-state index contributed by atoms with van der Waals surface area (Å²) in [5.74, 6) is -1.30. The Labute approximate surface area is 210 Å². The van der Waals surface area contributed by atoms with Crippen molar-refractivity contribution < 1.29 is 36.0 Å². The van der Waals surface area contributed by atoms with Gasteiger partial charge in [0.25, 0.3) is 5.91 Å². The molecule has 1 aromatic carbocycles. The number of rotatable bonds is 5. The van der Waals surface area contributed by atoms with Gasteiger partial charge in [-0.1, -0.05) is 38.8 Å². The van der Waals surface area contributed by atoms with Crippen LogP contribution < -0.4 is 10.3 Å². The van der Waals surface area contributed by atoms with Crippen LogP contribution >= 0.6 is 0 Å². The molecule has 6 nitrogen and oxygen atoms in total. The summed E-state index contributed by atoms with van der Waals surface area (Å²) in [6.45, 7) is 7.15. The predicted molar refractivity (Wildman–Crippen MR) is 125 cm³/mol. The molecule has 1 heterocycles. The van der Waals surface area contributed by atoms with Gasteiger partial charge in [-0.2, -0.15) is 31.3 Å². The lowest BCUT2D eigenvalue weighted by molar-refractivity contribution is -0.137. The Kier molecular flexibility index (Phi) is 7.99. The Hall–Kier alpha value is -3.05. The smallest absolute Gasteiger partial charge is 0.356 e. The van der Waals surface area contributed by atoms with Crippen molar-refractivity contribution in [3.8, 4) is 5.75 Å². The highest BCUT2D eigenvalue weighted by atomic mass is 19.4. The van der Waals surface area contributed by atoms with E-state index in [0.717, 1.165) is 37.4 Å². The third-order valence-electron chi connectivity index (χ3n) is 6.36. The third-order valence-corrected chi connectivity index (χ3v) is 6.36. The van der Waals surface area contributed by atoms with E-state index in [1.165, 1.54) is 0 Å². The Bertz CT molecular complexity index is 1240. The molecule has 12 heteroatoms. The van der Waals surface area contributed by atoms with Gasteiger partial charge in [-0.3, -0.25) is 14.2 Å². The maximum Gasteiger partial charge on any atom is 0.432 e. The number of hydrogen-bond donors (Lipinski definition) is 0. The van der Waals surface area contributed by atoms with Gasteiger partial charge in [0.05, 0.1) is 11.1 Å². The fraction of sp³-hybridized carbons (Fsp3) is 0.560. The standard InChI is InChI=1S/C25H30F6N4O2/c1-15(24(26,27)28)33-37-19-11-10-17(25(29,30)31)12-18(19)22(36)32-21-13-20(23(2,3)4)34(5)35(21)14-16-8-6-7-9-16/h10-13,16H,6-9,14H2,1-5H3/b32-21?,33-15+. The summed E-state index contributed by atoms with van der Waals surface area (Å²) in [7, 11) is 1.83. The van der Waals surface area contributed by atoms with E-state index in [1.807, 2.05) is 37.2 Å². The minimum atomic E-state index is -4.81. The van der Waals surface area contributed by atoms with Gasteiger partial charge in [-0.15, -0.1) is 0 Å². The van der Waals surface area contributed by atoms with Gasteiger partial charge in [0.2, 0.25) is 0 Å². The molecule has 0 N–H and O–H groups in total. The van der Waals surface area contributed by atoms with Crippen LogP contribution in [0, 0.1) is 5.92 Å². The topological polar surface area (TPSA) is 60.9 Å². The van der Waals surface area contributed by atoms with E-state index >= 15 is 0 Å². The summed E-state index contributed by atoms with van der Waals surface area (Å²) in [5, 5.41) is 2.95.